The summed E-state index contributed by atoms with van der Waals surface area (Å²) in [5.41, 5.74) is 6.10. The van der Waals surface area contributed by atoms with Gasteiger partial charge in [0.15, 0.2) is 0 Å². The van der Waals surface area contributed by atoms with Gasteiger partial charge in [0.05, 0.1) is 4.90 Å². The number of aryl methyl sites for hydroxylation is 1. The molecule has 21 heavy (non-hydrogen) atoms. The second-order valence-corrected chi connectivity index (χ2v) is 6.53. The number of rotatable bonds is 7. The molecule has 9 heteroatoms. The fourth-order valence-electron chi connectivity index (χ4n) is 1.70. The van der Waals surface area contributed by atoms with Crippen molar-refractivity contribution in [2.45, 2.75) is 17.7 Å². The Balaban J connectivity index is 1.90. The maximum absolute atomic E-state index is 12.1. The standard InChI is InChI=1S/C12H15N5O2S2/c13-12(20)9-3-5-10(6-4-9)21(18,19)16-7-1-2-11-14-8-15-17-11/h3-6,8,16H,1-2,7H2,(H2,13,20)(H,14,15,17). The molecule has 0 saturated heterocycles. The molecule has 112 valence electrons. The minimum absolute atomic E-state index is 0.183. The van der Waals surface area contributed by atoms with E-state index in [-0.39, 0.29) is 9.88 Å². The van der Waals surface area contributed by atoms with Gasteiger partial charge in [-0.05, 0) is 18.6 Å². The smallest absolute Gasteiger partial charge is 0.240 e. The first kappa shape index (κ1) is 15.5. The SMILES string of the molecule is NC(=S)c1ccc(S(=O)(=O)NCCCc2ncn[nH]2)cc1. The van der Waals surface area contributed by atoms with Gasteiger partial charge in [0, 0.05) is 18.5 Å². The predicted molar refractivity (Wildman–Crippen MR) is 82.2 cm³/mol. The van der Waals surface area contributed by atoms with E-state index in [1.165, 1.54) is 18.5 Å². The lowest BCUT2D eigenvalue weighted by Gasteiger charge is -2.07. The first-order valence-electron chi connectivity index (χ1n) is 6.23. The molecule has 0 saturated carbocycles. The highest BCUT2D eigenvalue weighted by molar-refractivity contribution is 7.89. The lowest BCUT2D eigenvalue weighted by Crippen LogP contribution is -2.25. The summed E-state index contributed by atoms with van der Waals surface area (Å²) >= 11 is 4.82. The van der Waals surface area contributed by atoms with Crippen molar-refractivity contribution in [3.8, 4) is 0 Å². The minimum Gasteiger partial charge on any atom is -0.389 e. The van der Waals surface area contributed by atoms with E-state index in [9.17, 15) is 8.42 Å². The average molecular weight is 325 g/mol. The molecule has 0 unspecified atom stereocenters. The van der Waals surface area contributed by atoms with Gasteiger partial charge < -0.3 is 5.73 Å². The van der Waals surface area contributed by atoms with Crippen LogP contribution in [0.3, 0.4) is 0 Å². The van der Waals surface area contributed by atoms with Crippen molar-refractivity contribution in [1.82, 2.24) is 19.9 Å². The first-order chi connectivity index (χ1) is 9.99. The van der Waals surface area contributed by atoms with Crippen LogP contribution in [0.5, 0.6) is 0 Å². The second kappa shape index (κ2) is 6.74. The van der Waals surface area contributed by atoms with E-state index in [1.54, 1.807) is 12.1 Å². The summed E-state index contributed by atoms with van der Waals surface area (Å²) in [6, 6.07) is 6.14. The van der Waals surface area contributed by atoms with E-state index in [4.69, 9.17) is 18.0 Å². The fourth-order valence-corrected chi connectivity index (χ4v) is 2.91. The van der Waals surface area contributed by atoms with Gasteiger partial charge in [-0.2, -0.15) is 5.10 Å². The van der Waals surface area contributed by atoms with Gasteiger partial charge >= 0.3 is 0 Å². The normalized spacial score (nSPS) is 11.4. The molecule has 7 nitrogen and oxygen atoms in total. The van der Waals surface area contributed by atoms with E-state index in [2.05, 4.69) is 19.9 Å². The highest BCUT2D eigenvalue weighted by Gasteiger charge is 2.13. The van der Waals surface area contributed by atoms with Crippen LogP contribution in [-0.4, -0.2) is 35.1 Å². The van der Waals surface area contributed by atoms with Crippen LogP contribution in [0.1, 0.15) is 17.8 Å². The van der Waals surface area contributed by atoms with Crippen molar-refractivity contribution >= 4 is 27.2 Å². The number of aromatic amines is 1. The van der Waals surface area contributed by atoms with Crippen LogP contribution in [0, 0.1) is 0 Å². The third kappa shape index (κ3) is 4.31. The summed E-state index contributed by atoms with van der Waals surface area (Å²) in [6.07, 6.45) is 2.67. The number of aromatic nitrogens is 3. The Hall–Kier alpha value is -1.84. The molecule has 0 aliphatic rings. The summed E-state index contributed by atoms with van der Waals surface area (Å²) in [5, 5.41) is 6.45. The Kier molecular flexibility index (Phi) is 4.99. The summed E-state index contributed by atoms with van der Waals surface area (Å²) in [4.78, 5) is 4.38. The topological polar surface area (TPSA) is 114 Å². The number of H-pyrrole nitrogens is 1. The van der Waals surface area contributed by atoms with Gasteiger partial charge in [-0.3, -0.25) is 5.10 Å². The Bertz CT molecular complexity index is 696. The summed E-state index contributed by atoms with van der Waals surface area (Å²) in [7, 11) is -3.52. The van der Waals surface area contributed by atoms with Crippen molar-refractivity contribution in [1.29, 1.82) is 0 Å². The Labute approximate surface area is 128 Å². The van der Waals surface area contributed by atoms with Crippen molar-refractivity contribution < 1.29 is 8.42 Å². The van der Waals surface area contributed by atoms with Crippen LogP contribution in [0.15, 0.2) is 35.5 Å². The molecule has 0 aliphatic carbocycles. The molecule has 0 amide bonds. The zero-order valence-corrected chi connectivity index (χ0v) is 12.7. The minimum atomic E-state index is -3.52. The zero-order chi connectivity index (χ0) is 15.3. The number of nitrogens with one attached hydrogen (secondary N) is 2. The summed E-state index contributed by atoms with van der Waals surface area (Å²) in [5.74, 6) is 0.731. The summed E-state index contributed by atoms with van der Waals surface area (Å²) in [6.45, 7) is 0.320. The molecular weight excluding hydrogens is 310 g/mol. The molecule has 0 atom stereocenters. The van der Waals surface area contributed by atoms with Gasteiger partial charge in [0.25, 0.3) is 0 Å². The molecular formula is C12H15N5O2S2. The Morgan fingerprint density at radius 1 is 1.33 bits per heavy atom. The van der Waals surface area contributed by atoms with Gasteiger partial charge in [-0.15, -0.1) is 0 Å². The van der Waals surface area contributed by atoms with Crippen molar-refractivity contribution in [3.05, 3.63) is 42.0 Å². The van der Waals surface area contributed by atoms with Crippen molar-refractivity contribution in [2.24, 2.45) is 5.73 Å². The van der Waals surface area contributed by atoms with Crippen LogP contribution in [0.25, 0.3) is 0 Å². The molecule has 0 aliphatic heterocycles. The van der Waals surface area contributed by atoms with Crippen LogP contribution >= 0.6 is 12.2 Å². The predicted octanol–water partition coefficient (Wildman–Crippen LogP) is 0.350. The molecule has 1 heterocycles. The highest BCUT2D eigenvalue weighted by atomic mass is 32.2. The van der Waals surface area contributed by atoms with Gasteiger partial charge in [0.1, 0.15) is 17.1 Å². The lowest BCUT2D eigenvalue weighted by atomic mass is 10.2. The molecule has 0 bridgehead atoms. The molecule has 0 spiro atoms. The van der Waals surface area contributed by atoms with Crippen molar-refractivity contribution in [2.75, 3.05) is 6.54 Å². The molecule has 0 radical (unpaired) electrons. The quantitative estimate of drug-likeness (QED) is 0.500. The van der Waals surface area contributed by atoms with Crippen LogP contribution < -0.4 is 10.5 Å². The zero-order valence-electron chi connectivity index (χ0n) is 11.1. The summed E-state index contributed by atoms with van der Waals surface area (Å²) < 4.78 is 26.7. The molecule has 2 aromatic rings. The Morgan fingerprint density at radius 2 is 2.05 bits per heavy atom. The molecule has 2 rings (SSSR count). The number of nitrogens with two attached hydrogens (primary N) is 1. The lowest BCUT2D eigenvalue weighted by molar-refractivity contribution is 0.578. The number of hydrogen-bond acceptors (Lipinski definition) is 5. The first-order valence-corrected chi connectivity index (χ1v) is 8.12. The number of nitrogens with zero attached hydrogens (tertiary/aromatic N) is 2. The van der Waals surface area contributed by atoms with E-state index in [0.29, 0.717) is 24.9 Å². The molecule has 4 N–H and O–H groups in total. The van der Waals surface area contributed by atoms with Crippen molar-refractivity contribution in [3.63, 3.8) is 0 Å². The number of benzene rings is 1. The molecule has 0 fully saturated rings. The third-order valence-electron chi connectivity index (χ3n) is 2.80. The molecule has 1 aromatic heterocycles. The van der Waals surface area contributed by atoms with Gasteiger partial charge in [-0.1, -0.05) is 24.4 Å². The van der Waals surface area contributed by atoms with Crippen LogP contribution in [0.4, 0.5) is 0 Å². The monoisotopic (exact) mass is 325 g/mol. The highest BCUT2D eigenvalue weighted by Crippen LogP contribution is 2.10. The van der Waals surface area contributed by atoms with E-state index >= 15 is 0 Å². The van der Waals surface area contributed by atoms with Gasteiger partial charge in [-0.25, -0.2) is 18.1 Å². The van der Waals surface area contributed by atoms with Crippen LogP contribution in [0.2, 0.25) is 0 Å². The van der Waals surface area contributed by atoms with Gasteiger partial charge in [0.2, 0.25) is 10.0 Å². The second-order valence-electron chi connectivity index (χ2n) is 4.32. The van der Waals surface area contributed by atoms with E-state index < -0.39 is 10.0 Å². The van der Waals surface area contributed by atoms with Crippen LogP contribution in [-0.2, 0) is 16.4 Å². The molecule has 1 aromatic carbocycles. The maximum Gasteiger partial charge on any atom is 0.240 e. The average Bonchev–Trinajstić information content (AvgIpc) is 2.97. The Morgan fingerprint density at radius 3 is 2.62 bits per heavy atom. The number of hydrogen-bond donors (Lipinski definition) is 3. The third-order valence-corrected chi connectivity index (χ3v) is 4.51. The maximum atomic E-state index is 12.1. The van der Waals surface area contributed by atoms with E-state index in [0.717, 1.165) is 5.82 Å². The number of sulfonamides is 1. The largest absolute Gasteiger partial charge is 0.389 e. The van der Waals surface area contributed by atoms with E-state index in [1.807, 2.05) is 0 Å². The number of thiocarbonyl (C=S) groups is 1. The fraction of sp³-hybridized carbons (Fsp3) is 0.250.